The maximum atomic E-state index is 13.6. The van der Waals surface area contributed by atoms with Gasteiger partial charge >= 0.3 is 0 Å². The van der Waals surface area contributed by atoms with E-state index in [4.69, 9.17) is 14.2 Å². The molecule has 2 aromatic carbocycles. The van der Waals surface area contributed by atoms with Crippen molar-refractivity contribution in [1.82, 2.24) is 14.8 Å². The predicted octanol–water partition coefficient (Wildman–Crippen LogP) is 3.33. The third-order valence-electron chi connectivity index (χ3n) is 5.29. The van der Waals surface area contributed by atoms with Gasteiger partial charge in [0, 0.05) is 11.8 Å². The van der Waals surface area contributed by atoms with Crippen LogP contribution in [0.15, 0.2) is 54.0 Å². The monoisotopic (exact) mass is 451 g/mol. The van der Waals surface area contributed by atoms with E-state index in [2.05, 4.69) is 20.7 Å². The number of nitrogens with one attached hydrogen (secondary N) is 2. The van der Waals surface area contributed by atoms with Crippen LogP contribution in [0.4, 0.5) is 11.6 Å². The van der Waals surface area contributed by atoms with Crippen LogP contribution in [-0.4, -0.2) is 46.6 Å². The van der Waals surface area contributed by atoms with Crippen LogP contribution in [0.1, 0.15) is 25.5 Å². The average molecular weight is 451 g/mol. The van der Waals surface area contributed by atoms with Gasteiger partial charge in [0.15, 0.2) is 11.5 Å². The molecule has 0 aliphatic carbocycles. The number of nitrogens with zero attached hydrogens (tertiary/aromatic N) is 3. The largest absolute Gasteiger partial charge is 0.504 e. The molecule has 0 bridgehead atoms. The van der Waals surface area contributed by atoms with Gasteiger partial charge in [-0.15, -0.1) is 0 Å². The molecule has 0 unspecified atom stereocenters. The van der Waals surface area contributed by atoms with E-state index >= 15 is 0 Å². The fourth-order valence-corrected chi connectivity index (χ4v) is 3.77. The minimum atomic E-state index is -0.611. The Kier molecular flexibility index (Phi) is 6.07. The van der Waals surface area contributed by atoms with Crippen molar-refractivity contribution >= 4 is 17.5 Å². The number of carbonyl (C=O) groups excluding carboxylic acids is 1. The number of aromatic nitrogens is 3. The lowest BCUT2D eigenvalue weighted by Crippen LogP contribution is -2.31. The van der Waals surface area contributed by atoms with E-state index in [1.54, 1.807) is 49.0 Å². The first-order valence-electron chi connectivity index (χ1n) is 10.3. The fraction of sp³-hybridized carbons (Fsp3) is 0.261. The van der Waals surface area contributed by atoms with E-state index in [1.165, 1.54) is 19.5 Å². The normalized spacial score (nSPS) is 14.8. The lowest BCUT2D eigenvalue weighted by Gasteiger charge is -2.29. The summed E-state index contributed by atoms with van der Waals surface area (Å²) in [5.74, 6) is 1.55. The molecule has 0 spiro atoms. The van der Waals surface area contributed by atoms with Crippen molar-refractivity contribution in [3.05, 3.63) is 59.6 Å². The van der Waals surface area contributed by atoms with Gasteiger partial charge in [0.05, 0.1) is 32.1 Å². The summed E-state index contributed by atoms with van der Waals surface area (Å²) in [5.41, 5.74) is 2.20. The highest BCUT2D eigenvalue weighted by Gasteiger charge is 2.34. The minimum Gasteiger partial charge on any atom is -0.504 e. The molecule has 10 heteroatoms. The molecule has 3 aromatic rings. The maximum absolute atomic E-state index is 13.6. The number of phenols is 1. The number of ether oxygens (including phenoxy) is 3. The van der Waals surface area contributed by atoms with E-state index in [9.17, 15) is 9.90 Å². The molecule has 4 rings (SSSR count). The zero-order valence-corrected chi connectivity index (χ0v) is 18.7. The second-order valence-electron chi connectivity index (χ2n) is 7.27. The number of rotatable bonds is 7. The summed E-state index contributed by atoms with van der Waals surface area (Å²) in [6, 6.07) is 9.51. The van der Waals surface area contributed by atoms with Gasteiger partial charge in [0.2, 0.25) is 5.95 Å². The third kappa shape index (κ3) is 4.14. The number of methoxy groups -OCH3 is 2. The molecular weight excluding hydrogens is 426 g/mol. The van der Waals surface area contributed by atoms with Crippen LogP contribution in [-0.2, 0) is 4.79 Å². The molecule has 1 atom stereocenters. The standard InChI is InChI=1S/C23H25N5O5/c1-5-33-19-10-14(6-8-17(19)29)21-20(13(2)26-23-24-12-25-28(21)23)22(30)27-16-11-15(31-3)7-9-18(16)32-4/h6-12,21,29H,5H2,1-4H3,(H,27,30)(H,24,25,26)/t21-/m1/s1. The first-order valence-corrected chi connectivity index (χ1v) is 10.3. The lowest BCUT2D eigenvalue weighted by atomic mass is 9.94. The van der Waals surface area contributed by atoms with Crippen LogP contribution >= 0.6 is 0 Å². The molecule has 0 radical (unpaired) electrons. The van der Waals surface area contributed by atoms with Gasteiger partial charge in [0.1, 0.15) is 23.9 Å². The van der Waals surface area contributed by atoms with E-state index in [0.29, 0.717) is 52.3 Å². The number of hydrogen-bond donors (Lipinski definition) is 3. The van der Waals surface area contributed by atoms with Gasteiger partial charge in [-0.05, 0) is 43.7 Å². The maximum Gasteiger partial charge on any atom is 0.255 e. The molecule has 0 saturated carbocycles. The summed E-state index contributed by atoms with van der Waals surface area (Å²) in [7, 11) is 3.08. The highest BCUT2D eigenvalue weighted by atomic mass is 16.5. The third-order valence-corrected chi connectivity index (χ3v) is 5.29. The number of benzene rings is 2. The first kappa shape index (κ1) is 22.0. The number of allylic oxidation sites excluding steroid dienone is 1. The minimum absolute atomic E-state index is 0.0150. The second-order valence-corrected chi connectivity index (χ2v) is 7.27. The summed E-state index contributed by atoms with van der Waals surface area (Å²) in [6.45, 7) is 4.01. The van der Waals surface area contributed by atoms with Gasteiger partial charge < -0.3 is 30.0 Å². The number of aromatic hydroxyl groups is 1. The van der Waals surface area contributed by atoms with E-state index in [-0.39, 0.29) is 11.7 Å². The zero-order chi connectivity index (χ0) is 23.5. The van der Waals surface area contributed by atoms with Crippen LogP contribution in [0, 0.1) is 0 Å². The summed E-state index contributed by atoms with van der Waals surface area (Å²) >= 11 is 0. The van der Waals surface area contributed by atoms with Crippen molar-refractivity contribution in [2.75, 3.05) is 31.5 Å². The molecule has 0 saturated heterocycles. The van der Waals surface area contributed by atoms with Crippen LogP contribution in [0.5, 0.6) is 23.0 Å². The van der Waals surface area contributed by atoms with Gasteiger partial charge in [-0.1, -0.05) is 6.07 Å². The Balaban J connectivity index is 1.78. The molecule has 1 amide bonds. The Bertz CT molecular complexity index is 1220. The van der Waals surface area contributed by atoms with Gasteiger partial charge in [-0.2, -0.15) is 10.1 Å². The van der Waals surface area contributed by atoms with Gasteiger partial charge in [0.25, 0.3) is 5.91 Å². The van der Waals surface area contributed by atoms with Crippen molar-refractivity contribution in [3.63, 3.8) is 0 Å². The van der Waals surface area contributed by atoms with E-state index in [1.807, 2.05) is 6.92 Å². The zero-order valence-electron chi connectivity index (χ0n) is 18.7. The van der Waals surface area contributed by atoms with E-state index < -0.39 is 6.04 Å². The molecule has 1 aromatic heterocycles. The molecule has 0 fully saturated rings. The topological polar surface area (TPSA) is 120 Å². The quantitative estimate of drug-likeness (QED) is 0.500. The number of phenolic OH excluding ortho intramolecular Hbond substituents is 1. The fourth-order valence-electron chi connectivity index (χ4n) is 3.77. The summed E-state index contributed by atoms with van der Waals surface area (Å²) < 4.78 is 17.9. The number of anilines is 2. The summed E-state index contributed by atoms with van der Waals surface area (Å²) in [5, 5.41) is 20.5. The van der Waals surface area contributed by atoms with Crippen LogP contribution in [0.25, 0.3) is 0 Å². The predicted molar refractivity (Wildman–Crippen MR) is 122 cm³/mol. The summed E-state index contributed by atoms with van der Waals surface area (Å²) in [6.07, 6.45) is 1.42. The Hall–Kier alpha value is -4.21. The molecule has 33 heavy (non-hydrogen) atoms. The van der Waals surface area contributed by atoms with Crippen molar-refractivity contribution < 1.29 is 24.1 Å². The highest BCUT2D eigenvalue weighted by molar-refractivity contribution is 6.06. The smallest absolute Gasteiger partial charge is 0.255 e. The van der Waals surface area contributed by atoms with Gasteiger partial charge in [-0.25, -0.2) is 4.68 Å². The molecule has 172 valence electrons. The molecule has 3 N–H and O–H groups in total. The van der Waals surface area contributed by atoms with Crippen molar-refractivity contribution in [1.29, 1.82) is 0 Å². The van der Waals surface area contributed by atoms with E-state index in [0.717, 1.165) is 0 Å². The Morgan fingerprint density at radius 1 is 1.18 bits per heavy atom. The van der Waals surface area contributed by atoms with Crippen molar-refractivity contribution in [3.8, 4) is 23.0 Å². The SMILES string of the molecule is CCOc1cc([C@@H]2C(C(=O)Nc3cc(OC)ccc3OC)=C(C)Nc3ncnn32)ccc1O. The molecule has 2 heterocycles. The molecular formula is C23H25N5O5. The van der Waals surface area contributed by atoms with Gasteiger partial charge in [-0.3, -0.25) is 4.79 Å². The number of carbonyl (C=O) groups is 1. The molecule has 1 aliphatic heterocycles. The Morgan fingerprint density at radius 3 is 2.73 bits per heavy atom. The Labute approximate surface area is 190 Å². The molecule has 1 aliphatic rings. The van der Waals surface area contributed by atoms with Crippen LogP contribution in [0.2, 0.25) is 0 Å². The first-order chi connectivity index (χ1) is 16.0. The van der Waals surface area contributed by atoms with Crippen molar-refractivity contribution in [2.45, 2.75) is 19.9 Å². The highest BCUT2D eigenvalue weighted by Crippen LogP contribution is 2.39. The van der Waals surface area contributed by atoms with Crippen molar-refractivity contribution in [2.24, 2.45) is 0 Å². The summed E-state index contributed by atoms with van der Waals surface area (Å²) in [4.78, 5) is 17.8. The number of fused-ring (bicyclic) bond motifs is 1. The Morgan fingerprint density at radius 2 is 2.00 bits per heavy atom. The lowest BCUT2D eigenvalue weighted by molar-refractivity contribution is -0.113. The molecule has 10 nitrogen and oxygen atoms in total. The number of hydrogen-bond acceptors (Lipinski definition) is 8. The average Bonchev–Trinajstić information content (AvgIpc) is 3.27. The van der Waals surface area contributed by atoms with Crippen LogP contribution in [0.3, 0.4) is 0 Å². The number of amides is 1. The second kappa shape index (κ2) is 9.11. The van der Waals surface area contributed by atoms with Crippen LogP contribution < -0.4 is 24.8 Å².